The van der Waals surface area contributed by atoms with Crippen molar-refractivity contribution < 1.29 is 0 Å². The number of aromatic nitrogens is 3. The Morgan fingerprint density at radius 2 is 1.70 bits per heavy atom. The highest BCUT2D eigenvalue weighted by Gasteiger charge is 2.23. The monoisotopic (exact) mass is 359 g/mol. The summed E-state index contributed by atoms with van der Waals surface area (Å²) in [6.07, 6.45) is 11.3. The zero-order chi connectivity index (χ0) is 18.6. The molecule has 0 aliphatic carbocycles. The SMILES string of the molecule is C[C@@H]1CCC[C@@H](C)N1/N=C\c1cn(-c2ccccc2)nc1-c1ccncc1. The van der Waals surface area contributed by atoms with Crippen molar-refractivity contribution in [1.29, 1.82) is 0 Å². The number of pyridine rings is 1. The van der Waals surface area contributed by atoms with Gasteiger partial charge in [0.25, 0.3) is 0 Å². The number of piperidine rings is 1. The molecular formula is C22H25N5. The van der Waals surface area contributed by atoms with Crippen LogP contribution in [0.25, 0.3) is 16.9 Å². The van der Waals surface area contributed by atoms with Crippen molar-refractivity contribution in [2.75, 3.05) is 0 Å². The van der Waals surface area contributed by atoms with Gasteiger partial charge in [0, 0.05) is 41.8 Å². The standard InChI is InChI=1S/C22H25N5/c1-17-7-6-8-18(2)27(17)24-15-20-16-26(21-9-4-3-5-10-21)25-22(20)19-11-13-23-14-12-19/h3-5,9-18H,6-8H2,1-2H3/b24-15-/t17-,18-/m1/s1. The van der Waals surface area contributed by atoms with E-state index in [-0.39, 0.29) is 0 Å². The highest BCUT2D eigenvalue weighted by atomic mass is 15.5. The predicted molar refractivity (Wildman–Crippen MR) is 109 cm³/mol. The molecule has 0 N–H and O–H groups in total. The third-order valence-electron chi connectivity index (χ3n) is 5.19. The van der Waals surface area contributed by atoms with E-state index in [1.165, 1.54) is 19.3 Å². The van der Waals surface area contributed by atoms with E-state index in [0.717, 1.165) is 22.5 Å². The molecule has 1 saturated heterocycles. The van der Waals surface area contributed by atoms with Gasteiger partial charge in [-0.1, -0.05) is 18.2 Å². The first-order chi connectivity index (χ1) is 13.2. The van der Waals surface area contributed by atoms with Gasteiger partial charge >= 0.3 is 0 Å². The number of para-hydroxylation sites is 1. The molecule has 0 saturated carbocycles. The average molecular weight is 359 g/mol. The maximum absolute atomic E-state index is 4.85. The van der Waals surface area contributed by atoms with Crippen LogP contribution in [0.15, 0.2) is 66.2 Å². The summed E-state index contributed by atoms with van der Waals surface area (Å²) in [5.74, 6) is 0. The Morgan fingerprint density at radius 1 is 1.00 bits per heavy atom. The fourth-order valence-corrected chi connectivity index (χ4v) is 3.69. The molecule has 2 aromatic heterocycles. The summed E-state index contributed by atoms with van der Waals surface area (Å²) in [4.78, 5) is 4.13. The van der Waals surface area contributed by atoms with Crippen LogP contribution in [0.5, 0.6) is 0 Å². The Hall–Kier alpha value is -2.95. The lowest BCUT2D eigenvalue weighted by atomic mass is 10.00. The van der Waals surface area contributed by atoms with Gasteiger partial charge in [-0.2, -0.15) is 10.2 Å². The van der Waals surface area contributed by atoms with Crippen LogP contribution in [0.2, 0.25) is 0 Å². The second-order valence-corrected chi connectivity index (χ2v) is 7.20. The predicted octanol–water partition coefficient (Wildman–Crippen LogP) is 4.53. The highest BCUT2D eigenvalue weighted by Crippen LogP contribution is 2.25. The minimum absolute atomic E-state index is 0.471. The molecule has 2 atom stereocenters. The van der Waals surface area contributed by atoms with Crippen molar-refractivity contribution in [3.05, 3.63) is 66.6 Å². The fourth-order valence-electron chi connectivity index (χ4n) is 3.69. The molecule has 0 spiro atoms. The Morgan fingerprint density at radius 3 is 2.41 bits per heavy atom. The van der Waals surface area contributed by atoms with Crippen molar-refractivity contribution in [3.63, 3.8) is 0 Å². The molecule has 1 aliphatic rings. The van der Waals surface area contributed by atoms with Crippen molar-refractivity contribution in [3.8, 4) is 16.9 Å². The zero-order valence-electron chi connectivity index (χ0n) is 15.9. The summed E-state index contributed by atoms with van der Waals surface area (Å²) in [5, 5.41) is 11.9. The van der Waals surface area contributed by atoms with Crippen molar-refractivity contribution in [2.24, 2.45) is 5.10 Å². The van der Waals surface area contributed by atoms with E-state index in [2.05, 4.69) is 36.0 Å². The van der Waals surface area contributed by atoms with Crippen molar-refractivity contribution >= 4 is 6.21 Å². The van der Waals surface area contributed by atoms with E-state index in [1.807, 2.05) is 47.4 Å². The first-order valence-electron chi connectivity index (χ1n) is 9.60. The molecule has 27 heavy (non-hydrogen) atoms. The van der Waals surface area contributed by atoms with Crippen LogP contribution in [0.1, 0.15) is 38.7 Å². The first kappa shape index (κ1) is 17.5. The topological polar surface area (TPSA) is 46.3 Å². The van der Waals surface area contributed by atoms with Gasteiger partial charge in [-0.05, 0) is 57.4 Å². The van der Waals surface area contributed by atoms with Crippen LogP contribution in [-0.2, 0) is 0 Å². The minimum Gasteiger partial charge on any atom is -0.292 e. The van der Waals surface area contributed by atoms with Gasteiger partial charge in [-0.3, -0.25) is 9.99 Å². The van der Waals surface area contributed by atoms with E-state index in [9.17, 15) is 0 Å². The second kappa shape index (κ2) is 7.74. The molecule has 0 amide bonds. The highest BCUT2D eigenvalue weighted by molar-refractivity contribution is 5.88. The van der Waals surface area contributed by atoms with Gasteiger partial charge in [0.1, 0.15) is 5.69 Å². The third kappa shape index (κ3) is 3.77. The van der Waals surface area contributed by atoms with Crippen molar-refractivity contribution in [2.45, 2.75) is 45.2 Å². The molecule has 3 aromatic rings. The van der Waals surface area contributed by atoms with E-state index in [1.54, 1.807) is 12.4 Å². The minimum atomic E-state index is 0.471. The van der Waals surface area contributed by atoms with Crippen LogP contribution in [0.4, 0.5) is 0 Å². The fraction of sp³-hybridized carbons (Fsp3) is 0.318. The van der Waals surface area contributed by atoms with Gasteiger partial charge < -0.3 is 0 Å². The molecule has 1 aromatic carbocycles. The molecular weight excluding hydrogens is 334 g/mol. The molecule has 5 nitrogen and oxygen atoms in total. The van der Waals surface area contributed by atoms with E-state index in [0.29, 0.717) is 12.1 Å². The first-order valence-corrected chi connectivity index (χ1v) is 9.60. The maximum atomic E-state index is 4.85. The van der Waals surface area contributed by atoms with Crippen molar-refractivity contribution in [1.82, 2.24) is 19.8 Å². The van der Waals surface area contributed by atoms with Gasteiger partial charge in [0.15, 0.2) is 0 Å². The van der Waals surface area contributed by atoms with Crippen LogP contribution in [0.3, 0.4) is 0 Å². The Balaban J connectivity index is 1.72. The molecule has 138 valence electrons. The number of nitrogens with zero attached hydrogens (tertiary/aromatic N) is 5. The molecule has 1 aliphatic heterocycles. The Bertz CT molecular complexity index is 891. The maximum Gasteiger partial charge on any atom is 0.102 e. The van der Waals surface area contributed by atoms with Crippen LogP contribution >= 0.6 is 0 Å². The largest absolute Gasteiger partial charge is 0.292 e. The summed E-state index contributed by atoms with van der Waals surface area (Å²) < 4.78 is 1.92. The quantitative estimate of drug-likeness (QED) is 0.643. The van der Waals surface area contributed by atoms with Gasteiger partial charge in [-0.25, -0.2) is 4.68 Å². The average Bonchev–Trinajstić information content (AvgIpc) is 3.13. The molecule has 0 bridgehead atoms. The number of hydrogen-bond acceptors (Lipinski definition) is 4. The third-order valence-corrected chi connectivity index (χ3v) is 5.19. The smallest absolute Gasteiger partial charge is 0.102 e. The number of benzene rings is 1. The second-order valence-electron chi connectivity index (χ2n) is 7.20. The molecule has 1 fully saturated rings. The van der Waals surface area contributed by atoms with E-state index in [4.69, 9.17) is 10.2 Å². The van der Waals surface area contributed by atoms with E-state index >= 15 is 0 Å². The molecule has 3 heterocycles. The number of hydrazone groups is 1. The number of hydrogen-bond donors (Lipinski definition) is 0. The Labute approximate surface area is 160 Å². The van der Waals surface area contributed by atoms with Crippen LogP contribution < -0.4 is 0 Å². The normalized spacial score (nSPS) is 20.3. The summed E-state index contributed by atoms with van der Waals surface area (Å²) in [6.45, 7) is 4.51. The lowest BCUT2D eigenvalue weighted by Gasteiger charge is -2.36. The van der Waals surface area contributed by atoms with Crippen LogP contribution in [0, 0.1) is 0 Å². The molecule has 4 rings (SSSR count). The van der Waals surface area contributed by atoms with E-state index < -0.39 is 0 Å². The number of rotatable bonds is 4. The molecule has 0 radical (unpaired) electrons. The summed E-state index contributed by atoms with van der Waals surface area (Å²) in [7, 11) is 0. The summed E-state index contributed by atoms with van der Waals surface area (Å²) in [5.41, 5.74) is 4.00. The zero-order valence-corrected chi connectivity index (χ0v) is 15.9. The lowest BCUT2D eigenvalue weighted by molar-refractivity contribution is 0.109. The molecule has 0 unspecified atom stereocenters. The van der Waals surface area contributed by atoms with Gasteiger partial charge in [-0.15, -0.1) is 0 Å². The summed E-state index contributed by atoms with van der Waals surface area (Å²) >= 11 is 0. The summed E-state index contributed by atoms with van der Waals surface area (Å²) in [6, 6.07) is 15.1. The van der Waals surface area contributed by atoms with Crippen LogP contribution in [-0.4, -0.2) is 38.1 Å². The Kier molecular flexibility index (Phi) is 5.01. The molecule has 5 heteroatoms. The van der Waals surface area contributed by atoms with Gasteiger partial charge in [0.2, 0.25) is 0 Å². The van der Waals surface area contributed by atoms with Gasteiger partial charge in [0.05, 0.1) is 11.9 Å². The lowest BCUT2D eigenvalue weighted by Crippen LogP contribution is -2.39.